The van der Waals surface area contributed by atoms with Crippen molar-refractivity contribution < 1.29 is 0 Å². The van der Waals surface area contributed by atoms with Crippen molar-refractivity contribution in [2.24, 2.45) is 0 Å². The Morgan fingerprint density at radius 3 is 2.89 bits per heavy atom. The highest BCUT2D eigenvalue weighted by molar-refractivity contribution is 6.32. The third kappa shape index (κ3) is 4.69. The van der Waals surface area contributed by atoms with E-state index < -0.39 is 0 Å². The van der Waals surface area contributed by atoms with E-state index in [2.05, 4.69) is 28.8 Å². The second-order valence-electron chi connectivity index (χ2n) is 4.79. The molecule has 0 aliphatic rings. The lowest BCUT2D eigenvalue weighted by molar-refractivity contribution is 0.390. The molecule has 1 aromatic rings. The van der Waals surface area contributed by atoms with Crippen molar-refractivity contribution in [3.05, 3.63) is 34.2 Å². The predicted octanol–water partition coefficient (Wildman–Crippen LogP) is 1.83. The van der Waals surface area contributed by atoms with Gasteiger partial charge in [-0.3, -0.25) is 4.79 Å². The quantitative estimate of drug-likeness (QED) is 0.776. The second kappa shape index (κ2) is 7.31. The number of hydrogen-bond acceptors (Lipinski definition) is 4. The molecular weight excluding hydrogens is 264 g/mol. The zero-order valence-electron chi connectivity index (χ0n) is 11.7. The van der Waals surface area contributed by atoms with Crippen LogP contribution in [0.2, 0.25) is 5.02 Å². The number of anilines is 1. The van der Waals surface area contributed by atoms with Gasteiger partial charge in [0, 0.05) is 6.04 Å². The molecule has 1 N–H and O–H groups in total. The number of allylic oxidation sites excluding steroid dienone is 1. The lowest BCUT2D eigenvalue weighted by Gasteiger charge is -2.18. The predicted molar refractivity (Wildman–Crippen MR) is 80.0 cm³/mol. The van der Waals surface area contributed by atoms with Gasteiger partial charge in [0.25, 0.3) is 5.56 Å². The monoisotopic (exact) mass is 284 g/mol. The summed E-state index contributed by atoms with van der Waals surface area (Å²) in [6, 6.07) is 0.219. The van der Waals surface area contributed by atoms with Gasteiger partial charge in [-0.15, -0.1) is 6.58 Å². The van der Waals surface area contributed by atoms with E-state index >= 15 is 0 Å². The van der Waals surface area contributed by atoms with Crippen LogP contribution in [0.5, 0.6) is 0 Å². The van der Waals surface area contributed by atoms with Gasteiger partial charge in [-0.1, -0.05) is 17.7 Å². The van der Waals surface area contributed by atoms with Crippen LogP contribution >= 0.6 is 11.6 Å². The number of nitrogens with one attached hydrogen (secondary N) is 1. The summed E-state index contributed by atoms with van der Waals surface area (Å²) in [6.07, 6.45) is 4.15. The summed E-state index contributed by atoms with van der Waals surface area (Å²) in [6.45, 7) is 6.95. The van der Waals surface area contributed by atoms with E-state index in [4.69, 9.17) is 11.6 Å². The smallest absolute Gasteiger partial charge is 0.287 e. The fourth-order valence-electron chi connectivity index (χ4n) is 1.61. The van der Waals surface area contributed by atoms with Crippen LogP contribution in [-0.2, 0) is 6.54 Å². The molecule has 1 rings (SSSR count). The Labute approximate surface area is 118 Å². The van der Waals surface area contributed by atoms with Gasteiger partial charge in [0.2, 0.25) is 0 Å². The van der Waals surface area contributed by atoms with Gasteiger partial charge in [0.1, 0.15) is 5.02 Å². The Bertz CT molecular complexity index is 484. The van der Waals surface area contributed by atoms with Gasteiger partial charge < -0.3 is 10.2 Å². The van der Waals surface area contributed by atoms with E-state index in [0.717, 1.165) is 13.0 Å². The summed E-state index contributed by atoms with van der Waals surface area (Å²) in [7, 11) is 4.05. The molecule has 1 atom stereocenters. The maximum absolute atomic E-state index is 11.9. The molecule has 0 aliphatic carbocycles. The molecule has 19 heavy (non-hydrogen) atoms. The fourth-order valence-corrected chi connectivity index (χ4v) is 1.81. The van der Waals surface area contributed by atoms with Gasteiger partial charge >= 0.3 is 0 Å². The van der Waals surface area contributed by atoms with Crippen molar-refractivity contribution in [2.75, 3.05) is 26.0 Å². The largest absolute Gasteiger partial charge is 0.380 e. The Balaban J connectivity index is 2.77. The molecule has 0 saturated carbocycles. The topological polar surface area (TPSA) is 50.2 Å². The number of rotatable bonds is 7. The molecule has 106 valence electrons. The number of aromatic nitrogens is 2. The first-order valence-corrected chi connectivity index (χ1v) is 6.61. The second-order valence-corrected chi connectivity index (χ2v) is 5.16. The first kappa shape index (κ1) is 15.7. The SMILES string of the molecule is C=CCn1ncc(NC(C)CCN(C)C)c(Cl)c1=O. The molecule has 0 aromatic carbocycles. The summed E-state index contributed by atoms with van der Waals surface area (Å²) in [5.74, 6) is 0. The minimum Gasteiger partial charge on any atom is -0.380 e. The van der Waals surface area contributed by atoms with E-state index in [1.54, 1.807) is 12.3 Å². The fraction of sp³-hybridized carbons (Fsp3) is 0.538. The van der Waals surface area contributed by atoms with Crippen LogP contribution in [0.4, 0.5) is 5.69 Å². The van der Waals surface area contributed by atoms with Gasteiger partial charge in [-0.25, -0.2) is 4.68 Å². The number of nitrogens with zero attached hydrogens (tertiary/aromatic N) is 3. The lowest BCUT2D eigenvalue weighted by Crippen LogP contribution is -2.27. The number of hydrogen-bond donors (Lipinski definition) is 1. The highest BCUT2D eigenvalue weighted by Crippen LogP contribution is 2.17. The van der Waals surface area contributed by atoms with Gasteiger partial charge in [-0.2, -0.15) is 5.10 Å². The van der Waals surface area contributed by atoms with Crippen molar-refractivity contribution in [3.8, 4) is 0 Å². The van der Waals surface area contributed by atoms with Crippen LogP contribution in [-0.4, -0.2) is 41.4 Å². The van der Waals surface area contributed by atoms with Crippen molar-refractivity contribution in [3.63, 3.8) is 0 Å². The van der Waals surface area contributed by atoms with Crippen molar-refractivity contribution in [1.82, 2.24) is 14.7 Å². The molecule has 0 radical (unpaired) electrons. The van der Waals surface area contributed by atoms with E-state index in [0.29, 0.717) is 12.2 Å². The molecule has 1 aromatic heterocycles. The zero-order valence-corrected chi connectivity index (χ0v) is 12.4. The maximum Gasteiger partial charge on any atom is 0.287 e. The molecule has 0 spiro atoms. The van der Waals surface area contributed by atoms with Crippen LogP contribution in [0, 0.1) is 0 Å². The Morgan fingerprint density at radius 1 is 1.63 bits per heavy atom. The standard InChI is InChI=1S/C13H21ClN4O/c1-5-7-18-13(19)12(14)11(9-15-18)16-10(2)6-8-17(3)4/h5,9-10,16H,1,6-8H2,2-4H3. The third-order valence-electron chi connectivity index (χ3n) is 2.70. The summed E-state index contributed by atoms with van der Waals surface area (Å²) < 4.78 is 1.28. The highest BCUT2D eigenvalue weighted by Gasteiger charge is 2.11. The van der Waals surface area contributed by atoms with Crippen molar-refractivity contribution in [2.45, 2.75) is 25.9 Å². The van der Waals surface area contributed by atoms with Gasteiger partial charge in [0.15, 0.2) is 0 Å². The van der Waals surface area contributed by atoms with Crippen LogP contribution in [0.1, 0.15) is 13.3 Å². The minimum atomic E-state index is -0.300. The van der Waals surface area contributed by atoms with Crippen molar-refractivity contribution >= 4 is 17.3 Å². The molecule has 0 amide bonds. The van der Waals surface area contributed by atoms with Gasteiger partial charge in [0.05, 0.1) is 18.4 Å². The lowest BCUT2D eigenvalue weighted by atomic mass is 10.2. The third-order valence-corrected chi connectivity index (χ3v) is 3.06. The molecular formula is C13H21ClN4O. The average Bonchev–Trinajstić information content (AvgIpc) is 2.36. The first-order chi connectivity index (χ1) is 8.95. The molecule has 0 fully saturated rings. The number of halogens is 1. The van der Waals surface area contributed by atoms with Crippen LogP contribution in [0.3, 0.4) is 0 Å². The van der Waals surface area contributed by atoms with E-state index in [1.165, 1.54) is 4.68 Å². The molecule has 6 heteroatoms. The molecule has 0 aliphatic heterocycles. The van der Waals surface area contributed by atoms with Crippen LogP contribution < -0.4 is 10.9 Å². The summed E-state index contributed by atoms with van der Waals surface area (Å²) >= 11 is 6.06. The van der Waals surface area contributed by atoms with E-state index in [1.807, 2.05) is 14.1 Å². The van der Waals surface area contributed by atoms with E-state index in [9.17, 15) is 4.79 Å². The summed E-state index contributed by atoms with van der Waals surface area (Å²) in [4.78, 5) is 14.0. The van der Waals surface area contributed by atoms with Crippen LogP contribution in [0.15, 0.2) is 23.6 Å². The summed E-state index contributed by atoms with van der Waals surface area (Å²) in [5.41, 5.74) is 0.282. The van der Waals surface area contributed by atoms with Gasteiger partial charge in [-0.05, 0) is 34.0 Å². The maximum atomic E-state index is 11.9. The summed E-state index contributed by atoms with van der Waals surface area (Å²) in [5, 5.41) is 7.44. The van der Waals surface area contributed by atoms with Crippen LogP contribution in [0.25, 0.3) is 0 Å². The average molecular weight is 285 g/mol. The van der Waals surface area contributed by atoms with E-state index in [-0.39, 0.29) is 16.6 Å². The molecule has 0 bridgehead atoms. The molecule has 1 unspecified atom stereocenters. The Morgan fingerprint density at radius 2 is 2.32 bits per heavy atom. The minimum absolute atomic E-state index is 0.175. The Kier molecular flexibility index (Phi) is 6.05. The molecule has 5 nitrogen and oxygen atoms in total. The van der Waals surface area contributed by atoms with Crippen molar-refractivity contribution in [1.29, 1.82) is 0 Å². The first-order valence-electron chi connectivity index (χ1n) is 6.23. The normalized spacial score (nSPS) is 12.5. The highest BCUT2D eigenvalue weighted by atomic mass is 35.5. The molecule has 1 heterocycles. The molecule has 0 saturated heterocycles. The Hall–Kier alpha value is -1.33. The zero-order chi connectivity index (χ0) is 14.4.